The van der Waals surface area contributed by atoms with Crippen LogP contribution in [0.2, 0.25) is 0 Å². The second-order valence-electron chi connectivity index (χ2n) is 2.25. The number of thiocyanates is 1. The summed E-state index contributed by atoms with van der Waals surface area (Å²) in [7, 11) is 0. The third-order valence-corrected chi connectivity index (χ3v) is 2.58. The highest BCUT2D eigenvalue weighted by Crippen LogP contribution is 2.28. The van der Waals surface area contributed by atoms with Crippen LogP contribution in [0.15, 0.2) is 0 Å². The molecule has 0 heterocycles. The quantitative estimate of drug-likeness (QED) is 0.559. The summed E-state index contributed by atoms with van der Waals surface area (Å²) >= 11 is 1.20. The van der Waals surface area contributed by atoms with Gasteiger partial charge in [0.2, 0.25) is 0 Å². The summed E-state index contributed by atoms with van der Waals surface area (Å²) in [5.41, 5.74) is 0. The van der Waals surface area contributed by atoms with Gasteiger partial charge in [0.05, 0.1) is 6.10 Å². The molecule has 50 valence electrons. The van der Waals surface area contributed by atoms with Gasteiger partial charge in [-0.15, -0.1) is 0 Å². The number of rotatable bonds is 1. The Labute approximate surface area is 58.9 Å². The largest absolute Gasteiger partial charge is 0.392 e. The first-order valence-electron chi connectivity index (χ1n) is 3.07. The van der Waals surface area contributed by atoms with Crippen LogP contribution in [-0.2, 0) is 0 Å². The zero-order chi connectivity index (χ0) is 6.69. The molecule has 0 amide bonds. The zero-order valence-electron chi connectivity index (χ0n) is 5.08. The molecule has 0 unspecified atom stereocenters. The topological polar surface area (TPSA) is 44.0 Å². The normalized spacial score (nSPS) is 34.2. The second-order valence-corrected chi connectivity index (χ2v) is 3.27. The van der Waals surface area contributed by atoms with Crippen molar-refractivity contribution >= 4 is 11.8 Å². The maximum absolute atomic E-state index is 9.15. The Morgan fingerprint density at radius 2 is 2.33 bits per heavy atom. The van der Waals surface area contributed by atoms with Crippen molar-refractivity contribution in [3.63, 3.8) is 0 Å². The summed E-state index contributed by atoms with van der Waals surface area (Å²) in [6.45, 7) is 0. The van der Waals surface area contributed by atoms with Crippen molar-refractivity contribution in [1.82, 2.24) is 0 Å². The molecule has 0 aromatic carbocycles. The molecule has 1 rings (SSSR count). The van der Waals surface area contributed by atoms with Gasteiger partial charge < -0.3 is 5.11 Å². The van der Waals surface area contributed by atoms with Crippen molar-refractivity contribution in [3.05, 3.63) is 0 Å². The summed E-state index contributed by atoms with van der Waals surface area (Å²) in [5, 5.41) is 19.6. The van der Waals surface area contributed by atoms with Gasteiger partial charge in [-0.3, -0.25) is 0 Å². The molecule has 3 heteroatoms. The van der Waals surface area contributed by atoms with E-state index in [1.165, 1.54) is 11.8 Å². The molecule has 0 bridgehead atoms. The van der Waals surface area contributed by atoms with Crippen molar-refractivity contribution in [2.75, 3.05) is 0 Å². The molecule has 1 fully saturated rings. The first kappa shape index (κ1) is 6.91. The molecular weight excluding hydrogens is 134 g/mol. The SMILES string of the molecule is N#CS[C@H]1CCC[C@H]1O. The van der Waals surface area contributed by atoms with Crippen LogP contribution in [-0.4, -0.2) is 16.5 Å². The molecule has 0 aliphatic heterocycles. The molecule has 2 atom stereocenters. The summed E-state index contributed by atoms with van der Waals surface area (Å²) in [6, 6.07) is 0. The van der Waals surface area contributed by atoms with Gasteiger partial charge in [-0.05, 0) is 31.0 Å². The van der Waals surface area contributed by atoms with Crippen LogP contribution in [0.1, 0.15) is 19.3 Å². The summed E-state index contributed by atoms with van der Waals surface area (Å²) in [4.78, 5) is 0. The molecule has 1 saturated carbocycles. The maximum atomic E-state index is 9.15. The van der Waals surface area contributed by atoms with Gasteiger partial charge in [0, 0.05) is 5.25 Å². The summed E-state index contributed by atoms with van der Waals surface area (Å²) in [6.07, 6.45) is 2.72. The van der Waals surface area contributed by atoms with Crippen LogP contribution in [0.25, 0.3) is 0 Å². The van der Waals surface area contributed by atoms with Gasteiger partial charge in [-0.25, -0.2) is 0 Å². The third kappa shape index (κ3) is 1.60. The van der Waals surface area contributed by atoms with Crippen LogP contribution < -0.4 is 0 Å². The van der Waals surface area contributed by atoms with Gasteiger partial charge in [-0.1, -0.05) is 0 Å². The molecule has 0 saturated heterocycles. The van der Waals surface area contributed by atoms with E-state index in [1.54, 1.807) is 0 Å². The Morgan fingerprint density at radius 3 is 2.78 bits per heavy atom. The highest BCUT2D eigenvalue weighted by Gasteiger charge is 2.25. The molecule has 0 aromatic rings. The lowest BCUT2D eigenvalue weighted by Gasteiger charge is -2.06. The van der Waals surface area contributed by atoms with Crippen molar-refractivity contribution < 1.29 is 5.11 Å². The van der Waals surface area contributed by atoms with E-state index < -0.39 is 0 Å². The Bertz CT molecular complexity index is 132. The minimum absolute atomic E-state index is 0.190. The molecule has 1 aliphatic carbocycles. The van der Waals surface area contributed by atoms with Gasteiger partial charge in [0.15, 0.2) is 0 Å². The summed E-state index contributed by atoms with van der Waals surface area (Å²) in [5.74, 6) is 0. The number of thioether (sulfide) groups is 1. The molecule has 0 radical (unpaired) electrons. The Morgan fingerprint density at radius 1 is 1.56 bits per heavy atom. The molecule has 1 aliphatic rings. The first-order chi connectivity index (χ1) is 4.34. The van der Waals surface area contributed by atoms with E-state index in [2.05, 4.69) is 0 Å². The minimum atomic E-state index is -0.227. The predicted octanol–water partition coefficient (Wildman–Crippen LogP) is 1.11. The Hall–Kier alpha value is -0.200. The molecule has 0 aromatic heterocycles. The van der Waals surface area contributed by atoms with E-state index in [1.807, 2.05) is 5.40 Å². The lowest BCUT2D eigenvalue weighted by molar-refractivity contribution is 0.188. The lowest BCUT2D eigenvalue weighted by Crippen LogP contribution is -2.13. The van der Waals surface area contributed by atoms with Gasteiger partial charge in [-0.2, -0.15) is 5.26 Å². The van der Waals surface area contributed by atoms with E-state index in [0.717, 1.165) is 19.3 Å². The van der Waals surface area contributed by atoms with E-state index in [-0.39, 0.29) is 11.4 Å². The van der Waals surface area contributed by atoms with Gasteiger partial charge >= 0.3 is 0 Å². The first-order valence-corrected chi connectivity index (χ1v) is 3.95. The number of hydrogen-bond donors (Lipinski definition) is 1. The van der Waals surface area contributed by atoms with Gasteiger partial charge in [0.1, 0.15) is 5.40 Å². The van der Waals surface area contributed by atoms with E-state index in [4.69, 9.17) is 10.4 Å². The zero-order valence-corrected chi connectivity index (χ0v) is 5.90. The maximum Gasteiger partial charge on any atom is 0.133 e. The Balaban J connectivity index is 2.33. The van der Waals surface area contributed by atoms with Crippen LogP contribution in [0.3, 0.4) is 0 Å². The summed E-state index contributed by atoms with van der Waals surface area (Å²) < 4.78 is 0. The Kier molecular flexibility index (Phi) is 2.38. The second kappa shape index (κ2) is 3.09. The smallest absolute Gasteiger partial charge is 0.133 e. The standard InChI is InChI=1S/C6H9NOS/c7-4-9-6-3-1-2-5(6)8/h5-6,8H,1-3H2/t5-,6+/m1/s1. The van der Waals surface area contributed by atoms with E-state index in [0.29, 0.717) is 0 Å². The average Bonchev–Trinajstić information content (AvgIpc) is 2.18. The molecular formula is C6H9NOS. The number of nitrogens with zero attached hydrogens (tertiary/aromatic N) is 1. The number of aliphatic hydroxyl groups is 1. The minimum Gasteiger partial charge on any atom is -0.392 e. The van der Waals surface area contributed by atoms with Crippen molar-refractivity contribution in [2.24, 2.45) is 0 Å². The van der Waals surface area contributed by atoms with Crippen LogP contribution in [0.4, 0.5) is 0 Å². The fourth-order valence-electron chi connectivity index (χ4n) is 1.11. The predicted molar refractivity (Wildman–Crippen MR) is 36.8 cm³/mol. The molecule has 2 nitrogen and oxygen atoms in total. The van der Waals surface area contributed by atoms with Crippen LogP contribution in [0, 0.1) is 10.7 Å². The van der Waals surface area contributed by atoms with Crippen LogP contribution >= 0.6 is 11.8 Å². The van der Waals surface area contributed by atoms with Crippen molar-refractivity contribution in [3.8, 4) is 5.40 Å². The molecule has 0 spiro atoms. The number of hydrogen-bond acceptors (Lipinski definition) is 3. The monoisotopic (exact) mass is 143 g/mol. The third-order valence-electron chi connectivity index (χ3n) is 1.62. The number of aliphatic hydroxyl groups excluding tert-OH is 1. The average molecular weight is 143 g/mol. The molecule has 1 N–H and O–H groups in total. The van der Waals surface area contributed by atoms with E-state index >= 15 is 0 Å². The highest BCUT2D eigenvalue weighted by molar-refractivity contribution is 8.04. The fraction of sp³-hybridized carbons (Fsp3) is 0.833. The van der Waals surface area contributed by atoms with E-state index in [9.17, 15) is 0 Å². The lowest BCUT2D eigenvalue weighted by atomic mass is 10.3. The van der Waals surface area contributed by atoms with Crippen molar-refractivity contribution in [1.29, 1.82) is 5.26 Å². The van der Waals surface area contributed by atoms with Gasteiger partial charge in [0.25, 0.3) is 0 Å². The van der Waals surface area contributed by atoms with Crippen molar-refractivity contribution in [2.45, 2.75) is 30.6 Å². The number of nitriles is 1. The highest BCUT2D eigenvalue weighted by atomic mass is 32.2. The molecule has 9 heavy (non-hydrogen) atoms. The van der Waals surface area contributed by atoms with Crippen LogP contribution in [0.5, 0.6) is 0 Å². The fourth-order valence-corrected chi connectivity index (χ4v) is 1.82.